The number of hydrogen-bond acceptors (Lipinski definition) is 12. The Morgan fingerprint density at radius 2 is 1.84 bits per heavy atom. The van der Waals surface area contributed by atoms with Crippen molar-refractivity contribution < 1.29 is 56.8 Å². The summed E-state index contributed by atoms with van der Waals surface area (Å²) >= 11 is 0. The van der Waals surface area contributed by atoms with Crippen LogP contribution in [0.25, 0.3) is 0 Å². The van der Waals surface area contributed by atoms with Crippen LogP contribution in [0.2, 0.25) is 0 Å². The number of nitrogens with two attached hydrogens (primary N) is 1. The first kappa shape index (κ1) is 24.6. The molecule has 0 saturated carbocycles. The molecule has 2 aliphatic rings. The van der Waals surface area contributed by atoms with E-state index in [2.05, 4.69) is 23.9 Å². The fourth-order valence-electron chi connectivity index (χ4n) is 3.02. The van der Waals surface area contributed by atoms with Crippen LogP contribution >= 0.6 is 23.2 Å². The van der Waals surface area contributed by atoms with Gasteiger partial charge in [-0.3, -0.25) is 14.1 Å². The Labute approximate surface area is 173 Å². The number of imidazole rings is 1. The summed E-state index contributed by atoms with van der Waals surface area (Å²) in [4.78, 5) is 44.0. The third-order valence-electron chi connectivity index (χ3n) is 4.29. The summed E-state index contributed by atoms with van der Waals surface area (Å²) in [5, 5.41) is 23.4. The second-order valence-electron chi connectivity index (χ2n) is 6.57. The van der Waals surface area contributed by atoms with Crippen molar-refractivity contribution in [2.45, 2.75) is 37.1 Å². The number of nitrogens with one attached hydrogen (secondary N) is 1. The molecule has 7 atom stereocenters. The molecule has 0 spiro atoms. The van der Waals surface area contributed by atoms with E-state index in [1.807, 2.05) is 0 Å². The molecule has 9 N–H and O–H groups in total. The Balaban J connectivity index is 1.66. The highest BCUT2D eigenvalue weighted by Crippen LogP contribution is 2.66. The maximum Gasteiger partial charge on any atom is 0.488 e. The Morgan fingerprint density at radius 3 is 2.48 bits per heavy atom. The lowest BCUT2D eigenvalue weighted by atomic mass is 10.1. The molecular formula is C11H20N5O12P3. The maximum atomic E-state index is 12.0. The molecular weight excluding hydrogens is 487 g/mol. The maximum absolute atomic E-state index is 12.0. The summed E-state index contributed by atoms with van der Waals surface area (Å²) in [6.07, 6.45) is -4.85. The number of aliphatic hydroxyl groups is 2. The molecule has 0 radical (unpaired) electrons. The van der Waals surface area contributed by atoms with Crippen LogP contribution in [-0.4, -0.2) is 70.2 Å². The standard InChI is InChI=1S/C11H20N5O12P3/c12-9-6-10(14-3-13-9)16(4-15-6)11-8(18)7(17)5(26-11)1-2-29(19,20)27-31(24,25)28-30(21,22)23/h3-5,7-9,11,17-18H,1-2,12H2,(H,13,14)(H,19,20)(H,24,25)(H2,21,22,23)/t5-,7?,8+,9?,11-/m1/s1. The lowest BCUT2D eigenvalue weighted by Crippen LogP contribution is -2.32. The number of rotatable bonds is 8. The molecule has 1 aromatic rings. The number of aliphatic imine (C=N–C) groups is 1. The molecule has 1 saturated heterocycles. The molecule has 1 fully saturated rings. The van der Waals surface area contributed by atoms with Crippen molar-refractivity contribution in [1.82, 2.24) is 9.55 Å². The highest BCUT2D eigenvalue weighted by molar-refractivity contribution is 7.68. The van der Waals surface area contributed by atoms with Gasteiger partial charge in [-0.15, -0.1) is 0 Å². The molecule has 0 amide bonds. The van der Waals surface area contributed by atoms with Crippen molar-refractivity contribution in [3.05, 3.63) is 12.0 Å². The first-order valence-corrected chi connectivity index (χ1v) is 13.2. The Hall–Kier alpha value is -1.03. The first-order chi connectivity index (χ1) is 14.2. The number of anilines is 1. The van der Waals surface area contributed by atoms with E-state index in [0.29, 0.717) is 11.5 Å². The largest absolute Gasteiger partial charge is 0.488 e. The number of fused-ring (bicyclic) bond motifs is 1. The number of hydrogen-bond donors (Lipinski definition) is 8. The normalized spacial score (nSPS) is 32.2. The Kier molecular flexibility index (Phi) is 6.93. The lowest BCUT2D eigenvalue weighted by molar-refractivity contribution is -0.0365. The zero-order valence-corrected chi connectivity index (χ0v) is 18.0. The van der Waals surface area contributed by atoms with Crippen molar-refractivity contribution in [2.24, 2.45) is 10.7 Å². The van der Waals surface area contributed by atoms with Gasteiger partial charge in [0.05, 0.1) is 24.9 Å². The van der Waals surface area contributed by atoms with Gasteiger partial charge in [-0.1, -0.05) is 0 Å². The summed E-state index contributed by atoms with van der Waals surface area (Å²) in [6.45, 7) is 0. The van der Waals surface area contributed by atoms with Crippen LogP contribution in [0.5, 0.6) is 0 Å². The smallest absolute Gasteiger partial charge is 0.388 e. The van der Waals surface area contributed by atoms with Gasteiger partial charge in [0.2, 0.25) is 0 Å². The van der Waals surface area contributed by atoms with Crippen LogP contribution < -0.4 is 11.1 Å². The summed E-state index contributed by atoms with van der Waals surface area (Å²) < 4.78 is 48.4. The minimum absolute atomic E-state index is 0.353. The van der Waals surface area contributed by atoms with Crippen LogP contribution in [0.1, 0.15) is 24.5 Å². The average Bonchev–Trinajstić information content (AvgIpc) is 3.13. The molecule has 1 aromatic heterocycles. The van der Waals surface area contributed by atoms with Crippen LogP contribution in [0.3, 0.4) is 0 Å². The molecule has 0 bridgehead atoms. The fraction of sp³-hybridized carbons (Fsp3) is 0.636. The average molecular weight is 507 g/mol. The van der Waals surface area contributed by atoms with Gasteiger partial charge in [0.25, 0.3) is 0 Å². The zero-order chi connectivity index (χ0) is 23.2. The van der Waals surface area contributed by atoms with Gasteiger partial charge in [-0.2, -0.15) is 4.31 Å². The van der Waals surface area contributed by atoms with Gasteiger partial charge in [0.1, 0.15) is 29.9 Å². The van der Waals surface area contributed by atoms with Crippen molar-refractivity contribution in [2.75, 3.05) is 11.5 Å². The van der Waals surface area contributed by atoms with E-state index in [9.17, 15) is 33.7 Å². The first-order valence-electron chi connectivity index (χ1n) is 8.44. The second-order valence-corrected chi connectivity index (χ2v) is 11.5. The van der Waals surface area contributed by atoms with Crippen molar-refractivity contribution in [3.63, 3.8) is 0 Å². The number of aromatic nitrogens is 2. The van der Waals surface area contributed by atoms with E-state index in [4.69, 9.17) is 20.3 Å². The number of nitrogens with zero attached hydrogens (tertiary/aromatic N) is 3. The van der Waals surface area contributed by atoms with Crippen molar-refractivity contribution >= 4 is 35.4 Å². The molecule has 4 unspecified atom stereocenters. The van der Waals surface area contributed by atoms with E-state index in [-0.39, 0.29) is 0 Å². The van der Waals surface area contributed by atoms with Gasteiger partial charge in [-0.05, 0) is 6.42 Å². The monoisotopic (exact) mass is 507 g/mol. The minimum atomic E-state index is -5.57. The van der Waals surface area contributed by atoms with Crippen molar-refractivity contribution in [3.8, 4) is 0 Å². The van der Waals surface area contributed by atoms with Crippen LogP contribution in [0.4, 0.5) is 5.82 Å². The van der Waals surface area contributed by atoms with Crippen molar-refractivity contribution in [1.29, 1.82) is 0 Å². The van der Waals surface area contributed by atoms with Crippen LogP contribution in [-0.2, 0) is 27.1 Å². The molecule has 3 rings (SSSR count). The van der Waals surface area contributed by atoms with Gasteiger partial charge in [0, 0.05) is 0 Å². The second kappa shape index (κ2) is 8.72. The predicted molar refractivity (Wildman–Crippen MR) is 101 cm³/mol. The molecule has 20 heteroatoms. The Bertz CT molecular complexity index is 995. The van der Waals surface area contributed by atoms with Gasteiger partial charge in [0.15, 0.2) is 6.23 Å². The fourth-order valence-corrected chi connectivity index (χ4v) is 6.68. The summed E-state index contributed by atoms with van der Waals surface area (Å²) in [6, 6.07) is 0. The van der Waals surface area contributed by atoms with E-state index < -0.39 is 66.5 Å². The lowest BCUT2D eigenvalue weighted by Gasteiger charge is -2.21. The summed E-state index contributed by atoms with van der Waals surface area (Å²) in [5.41, 5.74) is 6.15. The molecule has 2 aliphatic heterocycles. The molecule has 17 nitrogen and oxygen atoms in total. The zero-order valence-electron chi connectivity index (χ0n) is 15.3. The molecule has 0 aliphatic carbocycles. The number of ether oxygens (including phenoxy) is 1. The molecule has 3 heterocycles. The molecule has 0 aromatic carbocycles. The van der Waals surface area contributed by atoms with E-state index in [0.717, 1.165) is 0 Å². The topological polar surface area (TPSA) is 269 Å². The summed E-state index contributed by atoms with van der Waals surface area (Å²) in [7, 11) is -16.0. The summed E-state index contributed by atoms with van der Waals surface area (Å²) in [5.74, 6) is 0.353. The third-order valence-corrected chi connectivity index (χ3v) is 8.63. The third kappa shape index (κ3) is 5.86. The quantitative estimate of drug-likeness (QED) is 0.190. The van der Waals surface area contributed by atoms with E-state index in [1.54, 1.807) is 0 Å². The molecule has 176 valence electrons. The molecule has 31 heavy (non-hydrogen) atoms. The van der Waals surface area contributed by atoms with E-state index in [1.165, 1.54) is 17.2 Å². The number of aliphatic hydroxyl groups excluding tert-OH is 2. The minimum Gasteiger partial charge on any atom is -0.388 e. The van der Waals surface area contributed by atoms with Gasteiger partial charge >= 0.3 is 23.2 Å². The van der Waals surface area contributed by atoms with Crippen LogP contribution in [0, 0.1) is 0 Å². The highest BCUT2D eigenvalue weighted by atomic mass is 31.3. The number of phosphoric acid groups is 2. The van der Waals surface area contributed by atoms with Gasteiger partial charge in [-0.25, -0.2) is 18.4 Å². The van der Waals surface area contributed by atoms with E-state index >= 15 is 0 Å². The Morgan fingerprint density at radius 1 is 1.16 bits per heavy atom. The predicted octanol–water partition coefficient (Wildman–Crippen LogP) is -1.28. The SMILES string of the molecule is NC1N=CNc2c1ncn2[C@@H]1O[C@H](CCP(=O)(O)OP(=O)(O)OP(=O)(O)O)C(O)[C@@H]1O. The van der Waals surface area contributed by atoms with Gasteiger partial charge < -0.3 is 45.6 Å². The highest BCUT2D eigenvalue weighted by Gasteiger charge is 2.46. The van der Waals surface area contributed by atoms with Crippen LogP contribution in [0.15, 0.2) is 11.3 Å².